The fourth-order valence-corrected chi connectivity index (χ4v) is 2.33. The van der Waals surface area contributed by atoms with Crippen molar-refractivity contribution in [1.29, 1.82) is 0 Å². The number of rotatable bonds is 6. The van der Waals surface area contributed by atoms with Gasteiger partial charge in [0.15, 0.2) is 0 Å². The summed E-state index contributed by atoms with van der Waals surface area (Å²) in [6.07, 6.45) is -5.26. The number of aryl methyl sites for hydroxylation is 1. The summed E-state index contributed by atoms with van der Waals surface area (Å²) >= 11 is 5.87. The van der Waals surface area contributed by atoms with Crippen molar-refractivity contribution in [2.45, 2.75) is 19.2 Å². The fraction of sp³-hybridized carbons (Fsp3) is 0.375. The van der Waals surface area contributed by atoms with Gasteiger partial charge in [0.2, 0.25) is 0 Å². The van der Waals surface area contributed by atoms with Crippen molar-refractivity contribution >= 4 is 17.4 Å². The third-order valence-corrected chi connectivity index (χ3v) is 3.49. The van der Waals surface area contributed by atoms with Gasteiger partial charge < -0.3 is 14.7 Å². The highest BCUT2D eigenvalue weighted by Crippen LogP contribution is 2.30. The number of ether oxygens (including phenoxy) is 1. The van der Waals surface area contributed by atoms with E-state index in [0.717, 1.165) is 12.1 Å². The molecule has 1 heterocycles. The lowest BCUT2D eigenvalue weighted by atomic mass is 10.2. The van der Waals surface area contributed by atoms with Gasteiger partial charge in [-0.25, -0.2) is 9.97 Å². The number of nitrogens with zero attached hydrogens (tertiary/aromatic N) is 3. The number of likely N-dealkylation sites (N-methyl/N-ethyl adjacent to an activating group) is 1. The van der Waals surface area contributed by atoms with Gasteiger partial charge in [-0.15, -0.1) is 0 Å². The summed E-state index contributed by atoms with van der Waals surface area (Å²) in [4.78, 5) is 9.85. The van der Waals surface area contributed by atoms with E-state index in [1.807, 2.05) is 0 Å². The number of hydrogen-bond acceptors (Lipinski definition) is 5. The predicted octanol–water partition coefficient (Wildman–Crippen LogP) is 3.33. The van der Waals surface area contributed by atoms with Crippen molar-refractivity contribution in [3.05, 3.63) is 46.9 Å². The summed E-state index contributed by atoms with van der Waals surface area (Å²) in [6, 6.07) is 5.86. The summed E-state index contributed by atoms with van der Waals surface area (Å²) in [7, 11) is 1.72. The molecule has 0 radical (unpaired) electrons. The molecule has 0 aliphatic heterocycles. The molecule has 1 unspecified atom stereocenters. The molecule has 1 aromatic carbocycles. The number of anilines is 1. The van der Waals surface area contributed by atoms with Gasteiger partial charge in [-0.05, 0) is 31.2 Å². The number of halogens is 4. The second-order valence-corrected chi connectivity index (χ2v) is 5.85. The van der Waals surface area contributed by atoms with Gasteiger partial charge >= 0.3 is 6.18 Å². The van der Waals surface area contributed by atoms with E-state index in [4.69, 9.17) is 16.3 Å². The monoisotopic (exact) mass is 375 g/mol. The summed E-state index contributed by atoms with van der Waals surface area (Å²) in [5.74, 6) is 1.30. The van der Waals surface area contributed by atoms with Crippen molar-refractivity contribution in [1.82, 2.24) is 9.97 Å². The van der Waals surface area contributed by atoms with Crippen molar-refractivity contribution < 1.29 is 23.0 Å². The van der Waals surface area contributed by atoms with Crippen LogP contribution in [0.3, 0.4) is 0 Å². The van der Waals surface area contributed by atoms with Crippen LogP contribution >= 0.6 is 11.6 Å². The fourth-order valence-electron chi connectivity index (χ4n) is 2.11. The number of aromatic nitrogens is 2. The lowest BCUT2D eigenvalue weighted by Crippen LogP contribution is -2.33. The lowest BCUT2D eigenvalue weighted by molar-refractivity contribution is -0.137. The van der Waals surface area contributed by atoms with Crippen LogP contribution in [0.25, 0.3) is 0 Å². The maximum Gasteiger partial charge on any atom is 0.416 e. The molecule has 0 aliphatic carbocycles. The van der Waals surface area contributed by atoms with E-state index in [2.05, 4.69) is 9.97 Å². The average molecular weight is 376 g/mol. The van der Waals surface area contributed by atoms with Gasteiger partial charge in [-0.2, -0.15) is 13.2 Å². The van der Waals surface area contributed by atoms with Crippen LogP contribution in [0.1, 0.15) is 11.4 Å². The molecule has 0 bridgehead atoms. The third-order valence-electron chi connectivity index (χ3n) is 3.29. The smallest absolute Gasteiger partial charge is 0.416 e. The average Bonchev–Trinajstić information content (AvgIpc) is 2.51. The van der Waals surface area contributed by atoms with E-state index in [1.54, 1.807) is 24.9 Å². The Kier molecular flexibility index (Phi) is 6.07. The van der Waals surface area contributed by atoms with Gasteiger partial charge in [0.05, 0.1) is 5.56 Å². The molecular formula is C16H17ClF3N3O2. The molecule has 9 heteroatoms. The Balaban J connectivity index is 1.88. The molecule has 25 heavy (non-hydrogen) atoms. The second-order valence-electron chi connectivity index (χ2n) is 5.46. The zero-order valence-corrected chi connectivity index (χ0v) is 14.3. The normalized spacial score (nSPS) is 12.8. The first-order valence-electron chi connectivity index (χ1n) is 7.35. The van der Waals surface area contributed by atoms with Crippen LogP contribution in [0.15, 0.2) is 30.3 Å². The Bertz CT molecular complexity index is 691. The second kappa shape index (κ2) is 7.88. The van der Waals surface area contributed by atoms with Crippen LogP contribution in [-0.4, -0.2) is 41.4 Å². The lowest BCUT2D eigenvalue weighted by Gasteiger charge is -2.22. The minimum Gasteiger partial charge on any atom is -0.491 e. The van der Waals surface area contributed by atoms with Crippen molar-refractivity contribution in [2.24, 2.45) is 0 Å². The molecule has 136 valence electrons. The Labute approximate surface area is 148 Å². The van der Waals surface area contributed by atoms with E-state index in [1.165, 1.54) is 12.1 Å². The molecule has 0 saturated carbocycles. The van der Waals surface area contributed by atoms with Gasteiger partial charge in [-0.3, -0.25) is 0 Å². The molecular weight excluding hydrogens is 359 g/mol. The zero-order valence-electron chi connectivity index (χ0n) is 13.6. The third kappa shape index (κ3) is 5.75. The molecule has 1 atom stereocenters. The summed E-state index contributed by atoms with van der Waals surface area (Å²) < 4.78 is 42.8. The van der Waals surface area contributed by atoms with E-state index in [9.17, 15) is 18.3 Å². The maximum atomic E-state index is 12.5. The molecule has 2 rings (SSSR count). The van der Waals surface area contributed by atoms with E-state index < -0.39 is 17.8 Å². The van der Waals surface area contributed by atoms with E-state index in [0.29, 0.717) is 16.8 Å². The van der Waals surface area contributed by atoms with Crippen LogP contribution in [0.5, 0.6) is 5.75 Å². The van der Waals surface area contributed by atoms with Gasteiger partial charge in [-0.1, -0.05) is 11.6 Å². The molecule has 1 N–H and O–H groups in total. The number of alkyl halides is 3. The minimum atomic E-state index is -4.39. The van der Waals surface area contributed by atoms with Gasteiger partial charge in [0.25, 0.3) is 0 Å². The van der Waals surface area contributed by atoms with Crippen LogP contribution in [-0.2, 0) is 6.18 Å². The summed E-state index contributed by atoms with van der Waals surface area (Å²) in [5, 5.41) is 10.3. The zero-order chi connectivity index (χ0) is 18.6. The Morgan fingerprint density at radius 2 is 1.88 bits per heavy atom. The number of aliphatic hydroxyl groups excluding tert-OH is 1. The van der Waals surface area contributed by atoms with Crippen molar-refractivity contribution in [2.75, 3.05) is 25.1 Å². The largest absolute Gasteiger partial charge is 0.491 e. The SMILES string of the molecule is Cc1nc(Cl)cc(N(C)CC(O)COc2ccc(C(F)(F)F)cc2)n1. The molecule has 0 saturated heterocycles. The highest BCUT2D eigenvalue weighted by Gasteiger charge is 2.30. The highest BCUT2D eigenvalue weighted by molar-refractivity contribution is 6.29. The molecule has 0 spiro atoms. The van der Waals surface area contributed by atoms with E-state index >= 15 is 0 Å². The number of aliphatic hydroxyl groups is 1. The standard InChI is InChI=1S/C16H17ClF3N3O2/c1-10-21-14(17)7-15(22-10)23(2)8-12(24)9-25-13-5-3-11(4-6-13)16(18,19)20/h3-7,12,24H,8-9H2,1-2H3. The molecule has 2 aromatic rings. The molecule has 0 aliphatic rings. The van der Waals surface area contributed by atoms with Crippen LogP contribution in [0.2, 0.25) is 5.15 Å². The first kappa shape index (κ1) is 19.3. The van der Waals surface area contributed by atoms with Crippen molar-refractivity contribution in [3.63, 3.8) is 0 Å². The molecule has 1 aromatic heterocycles. The Morgan fingerprint density at radius 3 is 2.44 bits per heavy atom. The highest BCUT2D eigenvalue weighted by atomic mass is 35.5. The number of benzene rings is 1. The topological polar surface area (TPSA) is 58.5 Å². The summed E-state index contributed by atoms with van der Waals surface area (Å²) in [6.45, 7) is 1.83. The molecule has 0 fully saturated rings. The summed E-state index contributed by atoms with van der Waals surface area (Å²) in [5.41, 5.74) is -0.754. The van der Waals surface area contributed by atoms with Crippen LogP contribution < -0.4 is 9.64 Å². The molecule has 5 nitrogen and oxygen atoms in total. The molecule has 0 amide bonds. The number of hydrogen-bond donors (Lipinski definition) is 1. The van der Waals surface area contributed by atoms with Gasteiger partial charge in [0, 0.05) is 19.7 Å². The Hall–Kier alpha value is -2.06. The Morgan fingerprint density at radius 1 is 1.24 bits per heavy atom. The maximum absolute atomic E-state index is 12.5. The van der Waals surface area contributed by atoms with Crippen LogP contribution in [0.4, 0.5) is 19.0 Å². The first-order valence-corrected chi connectivity index (χ1v) is 7.73. The minimum absolute atomic E-state index is 0.0759. The van der Waals surface area contributed by atoms with Gasteiger partial charge in [0.1, 0.15) is 35.3 Å². The van der Waals surface area contributed by atoms with Crippen molar-refractivity contribution in [3.8, 4) is 5.75 Å². The van der Waals surface area contributed by atoms with E-state index in [-0.39, 0.29) is 18.9 Å². The predicted molar refractivity (Wildman–Crippen MR) is 88.0 cm³/mol. The first-order chi connectivity index (χ1) is 11.6. The quantitative estimate of drug-likeness (QED) is 0.785. The van der Waals surface area contributed by atoms with Crippen LogP contribution in [0, 0.1) is 6.92 Å².